The first-order valence-corrected chi connectivity index (χ1v) is 16.6. The summed E-state index contributed by atoms with van der Waals surface area (Å²) in [6, 6.07) is 16.4. The highest BCUT2D eigenvalue weighted by Gasteiger charge is 2.35. The second kappa shape index (κ2) is 14.5. The van der Waals surface area contributed by atoms with Crippen molar-refractivity contribution in [2.45, 2.75) is 46.4 Å². The van der Waals surface area contributed by atoms with Crippen LogP contribution < -0.4 is 29.1 Å². The number of ether oxygens (including phenoxy) is 4. The van der Waals surface area contributed by atoms with E-state index in [9.17, 15) is 19.7 Å². The predicted octanol–water partition coefficient (Wildman–Crippen LogP) is 5.69. The van der Waals surface area contributed by atoms with E-state index < -0.39 is 16.9 Å². The maximum absolute atomic E-state index is 14.2. The normalized spacial score (nSPS) is 14.4. The van der Waals surface area contributed by atoms with Gasteiger partial charge in [-0.3, -0.25) is 19.5 Å². The van der Waals surface area contributed by atoms with Crippen molar-refractivity contribution < 1.29 is 28.7 Å². The van der Waals surface area contributed by atoms with Gasteiger partial charge in [0.1, 0.15) is 18.4 Å². The number of nitrogens with zero attached hydrogens (tertiary/aromatic N) is 3. The molecule has 0 bridgehead atoms. The van der Waals surface area contributed by atoms with Gasteiger partial charge < -0.3 is 18.9 Å². The molecule has 1 atom stereocenters. The van der Waals surface area contributed by atoms with Crippen molar-refractivity contribution >= 4 is 51.7 Å². The van der Waals surface area contributed by atoms with E-state index in [1.807, 2.05) is 44.2 Å². The van der Waals surface area contributed by atoms with Crippen LogP contribution in [0.4, 0.5) is 5.69 Å². The minimum absolute atomic E-state index is 0.0210. The highest BCUT2D eigenvalue weighted by molar-refractivity contribution is 14.1. The van der Waals surface area contributed by atoms with Gasteiger partial charge in [0.25, 0.3) is 11.2 Å². The molecule has 11 nitrogen and oxygen atoms in total. The summed E-state index contributed by atoms with van der Waals surface area (Å²) in [7, 11) is 1.51. The highest BCUT2D eigenvalue weighted by atomic mass is 127. The molecule has 47 heavy (non-hydrogen) atoms. The second-order valence-corrected chi connectivity index (χ2v) is 12.9. The molecule has 0 aliphatic carbocycles. The highest BCUT2D eigenvalue weighted by Crippen LogP contribution is 2.37. The molecule has 0 radical (unpaired) electrons. The SMILES string of the molecule is CCOC(=O)C1=C(C)N=c2s/c(=C/c3cc(I)c(OCc4cccc([N+](=O)[O-])c4)c(OC)c3)c(=O)n2[C@H]1c1ccccc1OC(C)C. The molecule has 0 amide bonds. The lowest BCUT2D eigenvalue weighted by Gasteiger charge is -2.26. The molecule has 0 unspecified atom stereocenters. The second-order valence-electron chi connectivity index (χ2n) is 10.8. The molecular weight excluding hydrogens is 737 g/mol. The predicted molar refractivity (Wildman–Crippen MR) is 186 cm³/mol. The fourth-order valence-electron chi connectivity index (χ4n) is 5.18. The summed E-state index contributed by atoms with van der Waals surface area (Å²) >= 11 is 3.34. The Balaban J connectivity index is 1.58. The zero-order chi connectivity index (χ0) is 33.8. The molecule has 0 fully saturated rings. The molecule has 13 heteroatoms. The average Bonchev–Trinajstić information content (AvgIpc) is 3.33. The monoisotopic (exact) mass is 769 g/mol. The molecule has 0 saturated carbocycles. The maximum atomic E-state index is 14.2. The number of rotatable bonds is 11. The van der Waals surface area contributed by atoms with Gasteiger partial charge in [0.15, 0.2) is 16.3 Å². The number of carbonyl (C=O) groups is 1. The molecule has 0 N–H and O–H groups in total. The van der Waals surface area contributed by atoms with Gasteiger partial charge in [-0.1, -0.05) is 41.7 Å². The number of thiazole rings is 1. The summed E-state index contributed by atoms with van der Waals surface area (Å²) in [5.41, 5.74) is 2.34. The number of nitro groups is 1. The summed E-state index contributed by atoms with van der Waals surface area (Å²) in [6.07, 6.45) is 1.61. The zero-order valence-electron chi connectivity index (χ0n) is 26.3. The summed E-state index contributed by atoms with van der Waals surface area (Å²) < 4.78 is 25.8. The number of methoxy groups -OCH3 is 1. The van der Waals surface area contributed by atoms with Crippen molar-refractivity contribution in [2.75, 3.05) is 13.7 Å². The number of halogens is 1. The van der Waals surface area contributed by atoms with Gasteiger partial charge in [0, 0.05) is 17.7 Å². The number of para-hydroxylation sites is 1. The molecule has 1 aliphatic heterocycles. The largest absolute Gasteiger partial charge is 0.493 e. The Labute approximate surface area is 288 Å². The van der Waals surface area contributed by atoms with Crippen LogP contribution in [-0.4, -0.2) is 35.3 Å². The quantitative estimate of drug-likeness (QED) is 0.0824. The van der Waals surface area contributed by atoms with Gasteiger partial charge in [-0.05, 0) is 85.7 Å². The van der Waals surface area contributed by atoms with Gasteiger partial charge in [-0.25, -0.2) is 9.79 Å². The van der Waals surface area contributed by atoms with Crippen LogP contribution in [0.15, 0.2) is 81.7 Å². The first-order valence-electron chi connectivity index (χ1n) is 14.7. The maximum Gasteiger partial charge on any atom is 0.338 e. The van der Waals surface area contributed by atoms with Crippen molar-refractivity contribution in [1.29, 1.82) is 0 Å². The Morgan fingerprint density at radius 2 is 1.91 bits per heavy atom. The van der Waals surface area contributed by atoms with E-state index in [-0.39, 0.29) is 36.1 Å². The number of carbonyl (C=O) groups excluding carboxylic acids is 1. The average molecular weight is 770 g/mol. The molecule has 0 spiro atoms. The van der Waals surface area contributed by atoms with E-state index in [2.05, 4.69) is 27.6 Å². The standard InChI is InChI=1S/C34H32IN3O8S/c1-6-44-33(40)29-20(4)36-34-37(30(29)24-12-7-8-13-26(24)46-19(2)3)32(39)28(47-34)17-22-15-25(35)31(27(16-22)43-5)45-18-21-10-9-11-23(14-21)38(41)42/h7-17,19,30H,6,18H2,1-5H3/b28-17+/t30-/m0/s1. The van der Waals surface area contributed by atoms with Crippen molar-refractivity contribution in [2.24, 2.45) is 4.99 Å². The molecule has 5 rings (SSSR count). The lowest BCUT2D eigenvalue weighted by molar-refractivity contribution is -0.384. The number of nitro benzene ring substituents is 1. The Hall–Kier alpha value is -4.50. The molecule has 4 aromatic rings. The number of hydrogen-bond donors (Lipinski definition) is 0. The Morgan fingerprint density at radius 1 is 1.15 bits per heavy atom. The van der Waals surface area contributed by atoms with Crippen LogP contribution >= 0.6 is 33.9 Å². The Morgan fingerprint density at radius 3 is 2.62 bits per heavy atom. The number of allylic oxidation sites excluding steroid dienone is 1. The number of esters is 1. The molecular formula is C34H32IN3O8S. The topological polar surface area (TPSA) is 131 Å². The lowest BCUT2D eigenvalue weighted by Crippen LogP contribution is -2.40. The minimum atomic E-state index is -0.818. The molecule has 1 aliphatic rings. The van der Waals surface area contributed by atoms with Gasteiger partial charge in [-0.2, -0.15) is 0 Å². The summed E-state index contributed by atoms with van der Waals surface area (Å²) in [5.74, 6) is 0.903. The van der Waals surface area contributed by atoms with Crippen LogP contribution in [0.1, 0.15) is 50.4 Å². The molecule has 1 aromatic heterocycles. The fraction of sp³-hybridized carbons (Fsp3) is 0.265. The third-order valence-electron chi connectivity index (χ3n) is 7.15. The van der Waals surface area contributed by atoms with Crippen molar-refractivity contribution in [3.8, 4) is 17.2 Å². The number of fused-ring (bicyclic) bond motifs is 1. The van der Waals surface area contributed by atoms with Crippen LogP contribution in [0.5, 0.6) is 17.2 Å². The summed E-state index contributed by atoms with van der Waals surface area (Å²) in [5, 5.41) is 11.2. The van der Waals surface area contributed by atoms with E-state index in [1.54, 1.807) is 38.1 Å². The van der Waals surface area contributed by atoms with E-state index in [0.29, 0.717) is 52.5 Å². The van der Waals surface area contributed by atoms with E-state index >= 15 is 0 Å². The Kier molecular flexibility index (Phi) is 10.4. The summed E-state index contributed by atoms with van der Waals surface area (Å²) in [4.78, 5) is 43.3. The van der Waals surface area contributed by atoms with Crippen LogP contribution in [0.2, 0.25) is 0 Å². The number of hydrogen-bond acceptors (Lipinski definition) is 10. The van der Waals surface area contributed by atoms with Crippen LogP contribution in [0.25, 0.3) is 6.08 Å². The molecule has 0 saturated heterocycles. The van der Waals surface area contributed by atoms with Crippen molar-refractivity contribution in [1.82, 2.24) is 4.57 Å². The minimum Gasteiger partial charge on any atom is -0.493 e. The number of non-ortho nitro benzene ring substituents is 1. The van der Waals surface area contributed by atoms with Crippen LogP contribution in [0, 0.1) is 13.7 Å². The van der Waals surface area contributed by atoms with Gasteiger partial charge in [0.05, 0.1) is 44.1 Å². The van der Waals surface area contributed by atoms with Crippen LogP contribution in [0.3, 0.4) is 0 Å². The first-order chi connectivity index (χ1) is 22.5. The molecule has 2 heterocycles. The fourth-order valence-corrected chi connectivity index (χ4v) is 7.01. The third kappa shape index (κ3) is 7.25. The first kappa shape index (κ1) is 33.9. The number of aromatic nitrogens is 1. The smallest absolute Gasteiger partial charge is 0.338 e. The van der Waals surface area contributed by atoms with Crippen molar-refractivity contribution in [3.05, 3.63) is 122 Å². The zero-order valence-corrected chi connectivity index (χ0v) is 29.3. The van der Waals surface area contributed by atoms with Crippen molar-refractivity contribution in [3.63, 3.8) is 0 Å². The molecule has 244 valence electrons. The summed E-state index contributed by atoms with van der Waals surface area (Å²) in [6.45, 7) is 7.55. The third-order valence-corrected chi connectivity index (χ3v) is 8.93. The molecule has 3 aromatic carbocycles. The van der Waals surface area contributed by atoms with E-state index in [0.717, 1.165) is 0 Å². The van der Waals surface area contributed by atoms with Gasteiger partial charge >= 0.3 is 5.97 Å². The lowest BCUT2D eigenvalue weighted by atomic mass is 9.95. The van der Waals surface area contributed by atoms with Gasteiger partial charge in [-0.15, -0.1) is 0 Å². The van der Waals surface area contributed by atoms with E-state index in [4.69, 9.17) is 18.9 Å². The van der Waals surface area contributed by atoms with Gasteiger partial charge in [0.2, 0.25) is 0 Å². The Bertz CT molecular complexity index is 2070. The number of benzene rings is 3. The van der Waals surface area contributed by atoms with E-state index in [1.165, 1.54) is 35.1 Å². The van der Waals surface area contributed by atoms with Crippen LogP contribution in [-0.2, 0) is 16.1 Å².